The molecule has 0 bridgehead atoms. The van der Waals surface area contributed by atoms with Crippen molar-refractivity contribution in [1.82, 2.24) is 14.6 Å². The topological polar surface area (TPSA) is 65.4 Å². The van der Waals surface area contributed by atoms with E-state index in [0.29, 0.717) is 5.13 Å². The zero-order valence-electron chi connectivity index (χ0n) is 11.0. The number of benzene rings is 1. The van der Waals surface area contributed by atoms with Crippen molar-refractivity contribution in [2.24, 2.45) is 0 Å². The minimum Gasteiger partial charge on any atom is -0.496 e. The van der Waals surface area contributed by atoms with Gasteiger partial charge >= 0.3 is 0 Å². The van der Waals surface area contributed by atoms with Crippen molar-refractivity contribution < 1.29 is 4.74 Å². The molecule has 0 aliphatic rings. The average Bonchev–Trinajstić information content (AvgIpc) is 2.89. The predicted molar refractivity (Wildman–Crippen MR) is 76.7 cm³/mol. The minimum atomic E-state index is 0.525. The largest absolute Gasteiger partial charge is 0.496 e. The number of fused-ring (bicyclic) bond motifs is 1. The molecule has 98 valence electrons. The van der Waals surface area contributed by atoms with Crippen molar-refractivity contribution in [3.05, 3.63) is 29.5 Å². The van der Waals surface area contributed by atoms with Crippen LogP contribution in [0.2, 0.25) is 0 Å². The molecule has 0 aliphatic carbocycles. The first kappa shape index (κ1) is 12.0. The third-order valence-electron chi connectivity index (χ3n) is 3.29. The number of anilines is 1. The summed E-state index contributed by atoms with van der Waals surface area (Å²) in [4.78, 5) is 5.37. The average molecular weight is 274 g/mol. The molecule has 2 heterocycles. The van der Waals surface area contributed by atoms with E-state index in [9.17, 15) is 0 Å². The van der Waals surface area contributed by atoms with Gasteiger partial charge in [0.05, 0.1) is 19.0 Å². The van der Waals surface area contributed by atoms with Crippen LogP contribution in [0.15, 0.2) is 18.3 Å². The van der Waals surface area contributed by atoms with E-state index in [1.165, 1.54) is 11.3 Å². The van der Waals surface area contributed by atoms with Crippen molar-refractivity contribution >= 4 is 21.4 Å². The van der Waals surface area contributed by atoms with Gasteiger partial charge in [-0.1, -0.05) is 11.3 Å². The van der Waals surface area contributed by atoms with Gasteiger partial charge in [0.2, 0.25) is 10.1 Å². The fourth-order valence-corrected chi connectivity index (χ4v) is 2.79. The smallest absolute Gasteiger partial charge is 0.214 e. The monoisotopic (exact) mass is 274 g/mol. The minimum absolute atomic E-state index is 0.525. The predicted octanol–water partition coefficient (Wildman–Crippen LogP) is 2.67. The quantitative estimate of drug-likeness (QED) is 0.780. The molecule has 5 nitrogen and oxygen atoms in total. The maximum atomic E-state index is 5.65. The van der Waals surface area contributed by atoms with Crippen molar-refractivity contribution in [1.29, 1.82) is 0 Å². The highest BCUT2D eigenvalue weighted by molar-refractivity contribution is 7.20. The van der Waals surface area contributed by atoms with E-state index in [4.69, 9.17) is 10.5 Å². The Balaban J connectivity index is 2.15. The number of ether oxygens (including phenoxy) is 1. The van der Waals surface area contributed by atoms with Crippen molar-refractivity contribution in [2.75, 3.05) is 12.8 Å². The van der Waals surface area contributed by atoms with Crippen LogP contribution in [0.3, 0.4) is 0 Å². The second-order valence-electron chi connectivity index (χ2n) is 4.36. The Hall–Kier alpha value is -2.08. The molecule has 1 aromatic carbocycles. The molecule has 2 N–H and O–H groups in total. The first-order valence-corrected chi connectivity index (χ1v) is 6.68. The maximum absolute atomic E-state index is 5.65. The molecule has 3 aromatic rings. The number of methoxy groups -OCH3 is 1. The van der Waals surface area contributed by atoms with Gasteiger partial charge in [0.15, 0.2) is 0 Å². The lowest BCUT2D eigenvalue weighted by Gasteiger charge is -2.10. The molecule has 0 atom stereocenters. The summed E-state index contributed by atoms with van der Waals surface area (Å²) >= 11 is 1.38. The summed E-state index contributed by atoms with van der Waals surface area (Å²) in [5, 5.41) is 4.70. The van der Waals surface area contributed by atoms with Gasteiger partial charge in [-0.2, -0.15) is 0 Å². The lowest BCUT2D eigenvalue weighted by atomic mass is 10.0. The van der Waals surface area contributed by atoms with Crippen LogP contribution in [0, 0.1) is 13.8 Å². The third-order valence-corrected chi connectivity index (χ3v) is 4.04. The SMILES string of the molecule is COc1ccc(-c2cn3nc(N)sc3n2)c(C)c1C. The van der Waals surface area contributed by atoms with Crippen molar-refractivity contribution in [3.63, 3.8) is 0 Å². The number of imidazole rings is 1. The van der Waals surface area contributed by atoms with Gasteiger partial charge in [-0.3, -0.25) is 0 Å². The first-order valence-electron chi connectivity index (χ1n) is 5.86. The van der Waals surface area contributed by atoms with Crippen LogP contribution in [-0.2, 0) is 0 Å². The van der Waals surface area contributed by atoms with Gasteiger partial charge < -0.3 is 10.5 Å². The van der Waals surface area contributed by atoms with E-state index in [-0.39, 0.29) is 0 Å². The van der Waals surface area contributed by atoms with Gasteiger partial charge in [-0.25, -0.2) is 9.50 Å². The van der Waals surface area contributed by atoms with Crippen LogP contribution >= 0.6 is 11.3 Å². The summed E-state index contributed by atoms with van der Waals surface area (Å²) in [6, 6.07) is 3.99. The zero-order valence-corrected chi connectivity index (χ0v) is 11.8. The number of nitrogen functional groups attached to an aromatic ring is 1. The Morgan fingerprint density at radius 1 is 1.26 bits per heavy atom. The number of hydrogen-bond donors (Lipinski definition) is 1. The van der Waals surface area contributed by atoms with E-state index in [2.05, 4.69) is 17.0 Å². The summed E-state index contributed by atoms with van der Waals surface area (Å²) < 4.78 is 7.04. The normalized spacial score (nSPS) is 11.1. The number of nitrogens with zero attached hydrogens (tertiary/aromatic N) is 3. The molecule has 0 saturated heterocycles. The molecule has 0 amide bonds. The Kier molecular flexibility index (Phi) is 2.67. The van der Waals surface area contributed by atoms with Gasteiger partial charge in [0, 0.05) is 5.56 Å². The Morgan fingerprint density at radius 3 is 2.74 bits per heavy atom. The molecule has 0 aliphatic heterocycles. The molecule has 3 rings (SSSR count). The molecule has 0 unspecified atom stereocenters. The lowest BCUT2D eigenvalue weighted by molar-refractivity contribution is 0.411. The second-order valence-corrected chi connectivity index (χ2v) is 5.35. The van der Waals surface area contributed by atoms with Crippen LogP contribution in [0.25, 0.3) is 16.2 Å². The molecule has 2 aromatic heterocycles. The first-order chi connectivity index (χ1) is 9.10. The fourth-order valence-electron chi connectivity index (χ4n) is 2.14. The van der Waals surface area contributed by atoms with Crippen LogP contribution in [0.4, 0.5) is 5.13 Å². The molecule has 0 spiro atoms. The molecule has 0 fully saturated rings. The number of nitrogens with two attached hydrogens (primary N) is 1. The Bertz CT molecular complexity index is 728. The summed E-state index contributed by atoms with van der Waals surface area (Å²) in [5.74, 6) is 0.893. The number of rotatable bonds is 2. The van der Waals surface area contributed by atoms with E-state index >= 15 is 0 Å². The number of hydrogen-bond acceptors (Lipinski definition) is 5. The molecule has 0 saturated carbocycles. The lowest BCUT2D eigenvalue weighted by Crippen LogP contribution is -1.93. The van der Waals surface area contributed by atoms with Crippen LogP contribution < -0.4 is 10.5 Å². The Morgan fingerprint density at radius 2 is 2.05 bits per heavy atom. The summed E-state index contributed by atoms with van der Waals surface area (Å²) in [5.41, 5.74) is 9.94. The molecular formula is C13H14N4OS. The fraction of sp³-hybridized carbons (Fsp3) is 0.231. The van der Waals surface area contributed by atoms with E-state index in [1.54, 1.807) is 11.6 Å². The molecule has 6 heteroatoms. The molecule has 19 heavy (non-hydrogen) atoms. The third kappa shape index (κ3) is 1.84. The van der Waals surface area contributed by atoms with E-state index < -0.39 is 0 Å². The maximum Gasteiger partial charge on any atom is 0.214 e. The summed E-state index contributed by atoms with van der Waals surface area (Å²) in [6.45, 7) is 4.12. The van der Waals surface area contributed by atoms with E-state index in [1.807, 2.05) is 25.3 Å². The highest BCUT2D eigenvalue weighted by atomic mass is 32.1. The van der Waals surface area contributed by atoms with Crippen LogP contribution in [0.1, 0.15) is 11.1 Å². The second kappa shape index (κ2) is 4.24. The van der Waals surface area contributed by atoms with Gasteiger partial charge in [0.25, 0.3) is 0 Å². The van der Waals surface area contributed by atoms with Crippen LogP contribution in [0.5, 0.6) is 5.75 Å². The van der Waals surface area contributed by atoms with Crippen LogP contribution in [-0.4, -0.2) is 21.7 Å². The summed E-state index contributed by atoms with van der Waals surface area (Å²) in [7, 11) is 1.68. The molecular weight excluding hydrogens is 260 g/mol. The molecule has 0 radical (unpaired) electrons. The van der Waals surface area contributed by atoms with Crippen molar-refractivity contribution in [2.45, 2.75) is 13.8 Å². The Labute approximate surface area is 114 Å². The highest BCUT2D eigenvalue weighted by Crippen LogP contribution is 2.31. The van der Waals surface area contributed by atoms with Gasteiger partial charge in [-0.05, 0) is 37.1 Å². The standard InChI is InChI=1S/C13H14N4OS/c1-7-8(2)11(18-3)5-4-9(7)10-6-17-13(15-10)19-12(14)16-17/h4-6H,1-3H3,(H2,14,16). The van der Waals surface area contributed by atoms with Crippen molar-refractivity contribution in [3.8, 4) is 17.0 Å². The highest BCUT2D eigenvalue weighted by Gasteiger charge is 2.13. The van der Waals surface area contributed by atoms with Gasteiger partial charge in [-0.15, -0.1) is 5.10 Å². The van der Waals surface area contributed by atoms with E-state index in [0.717, 1.165) is 33.1 Å². The summed E-state index contributed by atoms with van der Waals surface area (Å²) in [6.07, 6.45) is 1.90. The van der Waals surface area contributed by atoms with Gasteiger partial charge in [0.1, 0.15) is 5.75 Å². The zero-order chi connectivity index (χ0) is 13.6. The number of aromatic nitrogens is 3.